The van der Waals surface area contributed by atoms with Crippen LogP contribution in [0.2, 0.25) is 0 Å². The fourth-order valence-corrected chi connectivity index (χ4v) is 1.41. The number of amides is 1. The summed E-state index contributed by atoms with van der Waals surface area (Å²) in [4.78, 5) is 15.6. The molecule has 1 heterocycles. The molecule has 0 spiro atoms. The standard InChI is InChI=1S/C9H16FN4O2/c1-9(2,3)16-8(15)14-4-6(10)7(5-14)12-13-11/h6-7,11H,4-5H2,1-3H3/q+1/t6-,7+/m1/s1. The zero-order valence-corrected chi connectivity index (χ0v) is 9.61. The Kier molecular flexibility index (Phi) is 3.59. The largest absolute Gasteiger partial charge is 0.444 e. The van der Waals surface area contributed by atoms with Crippen LogP contribution in [-0.2, 0) is 4.74 Å². The first-order valence-electron chi connectivity index (χ1n) is 5.02. The molecule has 16 heavy (non-hydrogen) atoms. The highest BCUT2D eigenvalue weighted by Crippen LogP contribution is 2.19. The van der Waals surface area contributed by atoms with Gasteiger partial charge in [-0.3, -0.25) is 0 Å². The molecule has 0 radical (unpaired) electrons. The maximum absolute atomic E-state index is 13.3. The SMILES string of the molecule is CC(C)(C)OC(=O)N1C[C@@H](F)[C@@H](N=[N+]=N)C1. The van der Waals surface area contributed by atoms with Crippen molar-refractivity contribution in [1.29, 1.82) is 5.53 Å². The van der Waals surface area contributed by atoms with Gasteiger partial charge in [-0.05, 0) is 20.8 Å². The van der Waals surface area contributed by atoms with E-state index in [1.165, 1.54) is 4.90 Å². The van der Waals surface area contributed by atoms with Crippen molar-refractivity contribution in [2.24, 2.45) is 5.11 Å². The number of carbonyl (C=O) groups excluding carboxylic acids is 1. The third-order valence-corrected chi connectivity index (χ3v) is 2.08. The molecule has 0 saturated carbocycles. The zero-order valence-electron chi connectivity index (χ0n) is 9.61. The van der Waals surface area contributed by atoms with Gasteiger partial charge >= 0.3 is 6.09 Å². The van der Waals surface area contributed by atoms with E-state index in [4.69, 9.17) is 10.3 Å². The van der Waals surface area contributed by atoms with E-state index in [9.17, 15) is 9.18 Å². The summed E-state index contributed by atoms with van der Waals surface area (Å²) in [5, 5.41) is 3.40. The Morgan fingerprint density at radius 2 is 2.19 bits per heavy atom. The van der Waals surface area contributed by atoms with Gasteiger partial charge in [0.25, 0.3) is 0 Å². The van der Waals surface area contributed by atoms with Crippen LogP contribution in [-0.4, -0.2) is 41.9 Å². The number of rotatable bonds is 1. The lowest BCUT2D eigenvalue weighted by atomic mass is 10.2. The van der Waals surface area contributed by atoms with E-state index in [1.807, 2.05) is 0 Å². The summed E-state index contributed by atoms with van der Waals surface area (Å²) in [7, 11) is 0. The molecule has 1 aliphatic rings. The lowest BCUT2D eigenvalue weighted by molar-refractivity contribution is 0.0283. The number of halogens is 1. The van der Waals surface area contributed by atoms with Gasteiger partial charge in [-0.1, -0.05) is 0 Å². The van der Waals surface area contributed by atoms with Crippen molar-refractivity contribution in [2.75, 3.05) is 13.1 Å². The Labute approximate surface area is 93.0 Å². The fourth-order valence-electron chi connectivity index (χ4n) is 1.41. The Hall–Kier alpha value is -1.49. The van der Waals surface area contributed by atoms with Gasteiger partial charge in [0.2, 0.25) is 4.91 Å². The molecule has 1 amide bonds. The Bertz CT molecular complexity index is 322. The van der Waals surface area contributed by atoms with Crippen LogP contribution in [0.5, 0.6) is 0 Å². The summed E-state index contributed by atoms with van der Waals surface area (Å²) in [6.07, 6.45) is -1.83. The highest BCUT2D eigenvalue weighted by molar-refractivity contribution is 5.68. The van der Waals surface area contributed by atoms with Crippen molar-refractivity contribution in [2.45, 2.75) is 38.6 Å². The number of carbonyl (C=O) groups is 1. The Morgan fingerprint density at radius 1 is 1.56 bits per heavy atom. The molecule has 0 aliphatic carbocycles. The van der Waals surface area contributed by atoms with E-state index in [1.54, 1.807) is 20.8 Å². The third kappa shape index (κ3) is 3.27. The number of alkyl halides is 1. The van der Waals surface area contributed by atoms with E-state index in [2.05, 4.69) is 10.0 Å². The summed E-state index contributed by atoms with van der Waals surface area (Å²) in [6, 6.07) is -0.745. The normalized spacial score (nSPS) is 25.1. The van der Waals surface area contributed by atoms with Crippen LogP contribution in [0.3, 0.4) is 0 Å². The molecule has 6 nitrogen and oxygen atoms in total. The zero-order chi connectivity index (χ0) is 12.3. The average Bonchev–Trinajstić information content (AvgIpc) is 2.46. The van der Waals surface area contributed by atoms with Crippen molar-refractivity contribution in [3.05, 3.63) is 0 Å². The number of nitrogens with one attached hydrogen (secondary N) is 1. The van der Waals surface area contributed by atoms with Crippen molar-refractivity contribution in [3.8, 4) is 0 Å². The number of hydrogen-bond acceptors (Lipinski definition) is 4. The number of nitrogens with zero attached hydrogens (tertiary/aromatic N) is 3. The van der Waals surface area contributed by atoms with Crippen molar-refractivity contribution in [3.63, 3.8) is 0 Å². The average molecular weight is 231 g/mol. The molecular weight excluding hydrogens is 215 g/mol. The maximum atomic E-state index is 13.3. The van der Waals surface area contributed by atoms with Gasteiger partial charge in [0.15, 0.2) is 6.04 Å². The molecular formula is C9H16FN4O2+. The van der Waals surface area contributed by atoms with Gasteiger partial charge in [-0.25, -0.2) is 9.18 Å². The predicted octanol–water partition coefficient (Wildman–Crippen LogP) is 1.49. The molecule has 1 N–H and O–H groups in total. The van der Waals surface area contributed by atoms with Crippen molar-refractivity contribution in [1.82, 2.24) is 9.81 Å². The highest BCUT2D eigenvalue weighted by Gasteiger charge is 2.40. The second-order valence-corrected chi connectivity index (χ2v) is 4.68. The Morgan fingerprint density at radius 3 is 2.69 bits per heavy atom. The van der Waals surface area contributed by atoms with Crippen LogP contribution in [0, 0.1) is 5.53 Å². The quantitative estimate of drug-likeness (QED) is 0.548. The van der Waals surface area contributed by atoms with Crippen LogP contribution in [0.15, 0.2) is 5.11 Å². The minimum atomic E-state index is -1.28. The molecule has 90 valence electrons. The molecule has 2 atom stereocenters. The molecule has 0 aromatic rings. The monoisotopic (exact) mass is 231 g/mol. The van der Waals surface area contributed by atoms with Crippen LogP contribution < -0.4 is 4.91 Å². The summed E-state index contributed by atoms with van der Waals surface area (Å²) in [5.74, 6) is 0. The second kappa shape index (κ2) is 4.57. The highest BCUT2D eigenvalue weighted by atomic mass is 19.1. The van der Waals surface area contributed by atoms with Gasteiger partial charge in [0.1, 0.15) is 22.4 Å². The van der Waals surface area contributed by atoms with E-state index in [0.29, 0.717) is 0 Å². The predicted molar refractivity (Wildman–Crippen MR) is 53.8 cm³/mol. The number of likely N-dealkylation sites (tertiary alicyclic amines) is 1. The number of ether oxygens (including phenoxy) is 1. The second-order valence-electron chi connectivity index (χ2n) is 4.68. The van der Waals surface area contributed by atoms with Crippen molar-refractivity contribution < 1.29 is 13.9 Å². The molecule has 0 aromatic heterocycles. The minimum absolute atomic E-state index is 0.0569. The molecule has 1 saturated heterocycles. The van der Waals surface area contributed by atoms with Crippen LogP contribution >= 0.6 is 0 Å². The summed E-state index contributed by atoms with van der Waals surface area (Å²) >= 11 is 0. The Balaban J connectivity index is 2.58. The molecule has 1 fully saturated rings. The van der Waals surface area contributed by atoms with Gasteiger partial charge in [-0.2, -0.15) is 0 Å². The first-order chi connectivity index (χ1) is 7.33. The van der Waals surface area contributed by atoms with Gasteiger partial charge in [0.05, 0.1) is 13.1 Å². The first-order valence-corrected chi connectivity index (χ1v) is 5.02. The minimum Gasteiger partial charge on any atom is -0.444 e. The lowest BCUT2D eigenvalue weighted by Gasteiger charge is -2.23. The molecule has 0 bridgehead atoms. The first kappa shape index (κ1) is 12.6. The smallest absolute Gasteiger partial charge is 0.410 e. The molecule has 7 heteroatoms. The molecule has 0 aromatic carbocycles. The van der Waals surface area contributed by atoms with Gasteiger partial charge in [-0.15, -0.1) is 0 Å². The maximum Gasteiger partial charge on any atom is 0.410 e. The van der Waals surface area contributed by atoms with Crippen LogP contribution in [0.4, 0.5) is 9.18 Å². The van der Waals surface area contributed by atoms with Crippen LogP contribution in [0.25, 0.3) is 0 Å². The summed E-state index contributed by atoms with van der Waals surface area (Å²) in [6.45, 7) is 5.29. The van der Waals surface area contributed by atoms with Gasteiger partial charge in [0, 0.05) is 0 Å². The third-order valence-electron chi connectivity index (χ3n) is 2.08. The van der Waals surface area contributed by atoms with Gasteiger partial charge < -0.3 is 9.64 Å². The molecule has 0 unspecified atom stereocenters. The lowest BCUT2D eigenvalue weighted by Crippen LogP contribution is -2.35. The fraction of sp³-hybridized carbons (Fsp3) is 0.889. The summed E-state index contributed by atoms with van der Waals surface area (Å²) in [5.41, 5.74) is 5.93. The van der Waals surface area contributed by atoms with E-state index in [-0.39, 0.29) is 13.1 Å². The van der Waals surface area contributed by atoms with E-state index >= 15 is 0 Å². The molecule has 1 aliphatic heterocycles. The topological polar surface area (TPSA) is 79.8 Å². The summed E-state index contributed by atoms with van der Waals surface area (Å²) < 4.78 is 18.4. The number of hydrogen-bond donors (Lipinski definition) is 1. The van der Waals surface area contributed by atoms with Crippen molar-refractivity contribution >= 4 is 6.09 Å². The van der Waals surface area contributed by atoms with E-state index < -0.39 is 23.9 Å². The molecule has 1 rings (SSSR count). The van der Waals surface area contributed by atoms with E-state index in [0.717, 1.165) is 0 Å². The van der Waals surface area contributed by atoms with Crippen LogP contribution in [0.1, 0.15) is 20.8 Å².